The zero-order valence-corrected chi connectivity index (χ0v) is 11.2. The molecular formula is C15H14FN3O2. The first-order chi connectivity index (χ1) is 10.2. The number of benzene rings is 1. The Bertz CT molecular complexity index is 749. The molecule has 21 heavy (non-hydrogen) atoms. The second kappa shape index (κ2) is 5.78. The van der Waals surface area contributed by atoms with E-state index in [0.29, 0.717) is 24.0 Å². The second-order valence-corrected chi connectivity index (χ2v) is 4.72. The van der Waals surface area contributed by atoms with Gasteiger partial charge in [0.2, 0.25) is 0 Å². The molecule has 0 aliphatic carbocycles. The van der Waals surface area contributed by atoms with Gasteiger partial charge in [-0.2, -0.15) is 0 Å². The summed E-state index contributed by atoms with van der Waals surface area (Å²) in [7, 11) is 0. The smallest absolute Gasteiger partial charge is 0.254 e. The average molecular weight is 287 g/mol. The number of aromatic nitrogens is 2. The molecule has 1 aromatic carbocycles. The van der Waals surface area contributed by atoms with Gasteiger partial charge in [-0.05, 0) is 30.7 Å². The fourth-order valence-electron chi connectivity index (χ4n) is 2.11. The molecule has 2 heterocycles. The van der Waals surface area contributed by atoms with Crippen LogP contribution in [0.2, 0.25) is 0 Å². The molecular weight excluding hydrogens is 273 g/mol. The molecule has 0 radical (unpaired) electrons. The molecule has 6 heteroatoms. The maximum atomic E-state index is 13.1. The molecule has 2 N–H and O–H groups in total. The van der Waals surface area contributed by atoms with E-state index in [-0.39, 0.29) is 11.7 Å². The topological polar surface area (TPSA) is 70.9 Å². The molecule has 5 nitrogen and oxygen atoms in total. The Hall–Kier alpha value is -2.63. The number of hydrogen-bond acceptors (Lipinski definition) is 3. The zero-order valence-electron chi connectivity index (χ0n) is 11.2. The van der Waals surface area contributed by atoms with E-state index in [1.807, 2.05) is 0 Å². The minimum absolute atomic E-state index is 0.157. The van der Waals surface area contributed by atoms with Gasteiger partial charge in [0.05, 0.1) is 22.9 Å². The number of fused-ring (bicyclic) bond motifs is 1. The first-order valence-electron chi connectivity index (χ1n) is 6.67. The molecule has 0 fully saturated rings. The van der Waals surface area contributed by atoms with E-state index in [1.165, 1.54) is 24.7 Å². The zero-order chi connectivity index (χ0) is 14.7. The summed E-state index contributed by atoms with van der Waals surface area (Å²) in [6.07, 6.45) is 4.29. The number of aryl methyl sites for hydroxylation is 1. The lowest BCUT2D eigenvalue weighted by Gasteiger charge is -2.01. The van der Waals surface area contributed by atoms with Crippen LogP contribution in [-0.2, 0) is 6.42 Å². The van der Waals surface area contributed by atoms with Gasteiger partial charge >= 0.3 is 0 Å². The Morgan fingerprint density at radius 1 is 1.38 bits per heavy atom. The van der Waals surface area contributed by atoms with Crippen LogP contribution >= 0.6 is 0 Å². The number of imidazole rings is 1. The highest BCUT2D eigenvalue weighted by Gasteiger charge is 2.07. The molecule has 0 saturated heterocycles. The van der Waals surface area contributed by atoms with Gasteiger partial charge in [0.15, 0.2) is 0 Å². The first-order valence-corrected chi connectivity index (χ1v) is 6.67. The van der Waals surface area contributed by atoms with Gasteiger partial charge in [-0.1, -0.05) is 0 Å². The van der Waals surface area contributed by atoms with Crippen LogP contribution in [0.5, 0.6) is 0 Å². The molecule has 0 saturated carbocycles. The first kappa shape index (κ1) is 13.4. The predicted molar refractivity (Wildman–Crippen MR) is 75.4 cm³/mol. The maximum absolute atomic E-state index is 13.1. The summed E-state index contributed by atoms with van der Waals surface area (Å²) in [5, 5.41) is 2.80. The fraction of sp³-hybridized carbons (Fsp3) is 0.200. The van der Waals surface area contributed by atoms with Crippen molar-refractivity contribution in [1.29, 1.82) is 0 Å². The fourth-order valence-corrected chi connectivity index (χ4v) is 2.11. The molecule has 1 amide bonds. The van der Waals surface area contributed by atoms with E-state index in [4.69, 9.17) is 4.42 Å². The van der Waals surface area contributed by atoms with Gasteiger partial charge in [-0.3, -0.25) is 4.79 Å². The lowest BCUT2D eigenvalue weighted by molar-refractivity contribution is 0.0952. The van der Waals surface area contributed by atoms with Crippen molar-refractivity contribution in [2.75, 3.05) is 6.54 Å². The van der Waals surface area contributed by atoms with Crippen molar-refractivity contribution in [3.05, 3.63) is 54.0 Å². The number of aromatic amines is 1. The monoisotopic (exact) mass is 287 g/mol. The Morgan fingerprint density at radius 2 is 2.29 bits per heavy atom. The summed E-state index contributed by atoms with van der Waals surface area (Å²) >= 11 is 0. The van der Waals surface area contributed by atoms with Crippen LogP contribution in [-0.4, -0.2) is 22.4 Å². The van der Waals surface area contributed by atoms with Crippen LogP contribution in [0.1, 0.15) is 22.6 Å². The number of amides is 1. The molecule has 0 spiro atoms. The molecule has 0 aliphatic rings. The largest absolute Gasteiger partial charge is 0.472 e. The van der Waals surface area contributed by atoms with E-state index in [1.54, 1.807) is 12.1 Å². The second-order valence-electron chi connectivity index (χ2n) is 4.72. The molecule has 2 aromatic heterocycles. The number of H-pyrrole nitrogens is 1. The number of rotatable bonds is 5. The van der Waals surface area contributed by atoms with Crippen LogP contribution in [0.4, 0.5) is 4.39 Å². The van der Waals surface area contributed by atoms with Gasteiger partial charge in [0, 0.05) is 13.0 Å². The van der Waals surface area contributed by atoms with Crippen molar-refractivity contribution in [1.82, 2.24) is 15.3 Å². The number of carbonyl (C=O) groups is 1. The van der Waals surface area contributed by atoms with Gasteiger partial charge in [0.1, 0.15) is 17.9 Å². The van der Waals surface area contributed by atoms with Crippen LogP contribution in [0, 0.1) is 5.82 Å². The Labute approximate surface area is 120 Å². The highest BCUT2D eigenvalue weighted by Crippen LogP contribution is 2.13. The highest BCUT2D eigenvalue weighted by molar-refractivity contribution is 5.93. The molecule has 0 unspecified atom stereocenters. The molecule has 108 valence electrons. The third-order valence-corrected chi connectivity index (χ3v) is 3.15. The van der Waals surface area contributed by atoms with E-state index in [0.717, 1.165) is 17.8 Å². The minimum Gasteiger partial charge on any atom is -0.472 e. The third-order valence-electron chi connectivity index (χ3n) is 3.15. The number of nitrogens with zero attached hydrogens (tertiary/aromatic N) is 1. The minimum atomic E-state index is -0.287. The molecule has 0 aliphatic heterocycles. The van der Waals surface area contributed by atoms with Gasteiger partial charge in [0.25, 0.3) is 5.91 Å². The quantitative estimate of drug-likeness (QED) is 0.709. The van der Waals surface area contributed by atoms with Crippen molar-refractivity contribution in [2.45, 2.75) is 12.8 Å². The van der Waals surface area contributed by atoms with Gasteiger partial charge in [-0.15, -0.1) is 0 Å². The SMILES string of the molecule is O=C(NCCCc1nc2ccc(F)cc2[nH]1)c1ccoc1. The van der Waals surface area contributed by atoms with Crippen molar-refractivity contribution in [3.63, 3.8) is 0 Å². The molecule has 3 rings (SSSR count). The number of carbonyl (C=O) groups excluding carboxylic acids is 1. The summed E-state index contributed by atoms with van der Waals surface area (Å²) < 4.78 is 17.9. The standard InChI is InChI=1S/C15H14FN3O2/c16-11-3-4-12-13(8-11)19-14(18-12)2-1-6-17-15(20)10-5-7-21-9-10/h3-5,7-9H,1-2,6H2,(H,17,20)(H,18,19). The summed E-state index contributed by atoms with van der Waals surface area (Å²) in [6, 6.07) is 6.07. The Kier molecular flexibility index (Phi) is 3.68. The highest BCUT2D eigenvalue weighted by atomic mass is 19.1. The maximum Gasteiger partial charge on any atom is 0.254 e. The number of halogens is 1. The van der Waals surface area contributed by atoms with Crippen LogP contribution in [0.3, 0.4) is 0 Å². The Morgan fingerprint density at radius 3 is 3.10 bits per heavy atom. The van der Waals surface area contributed by atoms with Gasteiger partial charge in [-0.25, -0.2) is 9.37 Å². The summed E-state index contributed by atoms with van der Waals surface area (Å²) in [5.41, 5.74) is 1.94. The van der Waals surface area contributed by atoms with E-state index in [9.17, 15) is 9.18 Å². The van der Waals surface area contributed by atoms with E-state index in [2.05, 4.69) is 15.3 Å². The Balaban J connectivity index is 1.51. The van der Waals surface area contributed by atoms with Crippen LogP contribution < -0.4 is 5.32 Å². The van der Waals surface area contributed by atoms with Gasteiger partial charge < -0.3 is 14.7 Å². The normalized spacial score (nSPS) is 10.9. The van der Waals surface area contributed by atoms with E-state index < -0.39 is 0 Å². The third kappa shape index (κ3) is 3.10. The summed E-state index contributed by atoms with van der Waals surface area (Å²) in [4.78, 5) is 19.1. The lowest BCUT2D eigenvalue weighted by atomic mass is 10.2. The molecule has 0 bridgehead atoms. The number of hydrogen-bond donors (Lipinski definition) is 2. The molecule has 3 aromatic rings. The summed E-state index contributed by atoms with van der Waals surface area (Å²) in [5.74, 6) is 0.341. The van der Waals surface area contributed by atoms with Crippen LogP contribution in [0.25, 0.3) is 11.0 Å². The average Bonchev–Trinajstić information content (AvgIpc) is 3.11. The predicted octanol–water partition coefficient (Wildman–Crippen LogP) is 2.66. The molecule has 0 atom stereocenters. The van der Waals surface area contributed by atoms with E-state index >= 15 is 0 Å². The van der Waals surface area contributed by atoms with Crippen molar-refractivity contribution in [3.8, 4) is 0 Å². The van der Waals surface area contributed by atoms with Crippen molar-refractivity contribution < 1.29 is 13.6 Å². The number of nitrogens with one attached hydrogen (secondary N) is 2. The lowest BCUT2D eigenvalue weighted by Crippen LogP contribution is -2.24. The van der Waals surface area contributed by atoms with Crippen molar-refractivity contribution >= 4 is 16.9 Å². The van der Waals surface area contributed by atoms with Crippen molar-refractivity contribution in [2.24, 2.45) is 0 Å². The van der Waals surface area contributed by atoms with Crippen LogP contribution in [0.15, 0.2) is 41.2 Å². The summed E-state index contributed by atoms with van der Waals surface area (Å²) in [6.45, 7) is 0.537. The number of furan rings is 1.